The molecule has 1 fully saturated rings. The van der Waals surface area contributed by atoms with Gasteiger partial charge in [0.15, 0.2) is 0 Å². The third-order valence-corrected chi connectivity index (χ3v) is 4.02. The number of hydrogen-bond acceptors (Lipinski definition) is 4. The van der Waals surface area contributed by atoms with Crippen molar-refractivity contribution in [3.63, 3.8) is 0 Å². The number of rotatable bonds is 6. The zero-order valence-corrected chi connectivity index (χ0v) is 13.3. The Hall–Kier alpha value is -0.650. The van der Waals surface area contributed by atoms with Gasteiger partial charge in [0.05, 0.1) is 25.9 Å². The van der Waals surface area contributed by atoms with Crippen LogP contribution in [0.1, 0.15) is 18.9 Å². The van der Waals surface area contributed by atoms with Gasteiger partial charge < -0.3 is 14.6 Å². The second kappa shape index (κ2) is 8.71. The number of nitrogens with zero attached hydrogens (tertiary/aromatic N) is 1. The van der Waals surface area contributed by atoms with Crippen LogP contribution in [0.2, 0.25) is 5.02 Å². The van der Waals surface area contributed by atoms with Crippen LogP contribution >= 0.6 is 11.6 Å². The van der Waals surface area contributed by atoms with Crippen molar-refractivity contribution in [3.05, 3.63) is 34.9 Å². The van der Waals surface area contributed by atoms with Gasteiger partial charge in [0.25, 0.3) is 0 Å². The summed E-state index contributed by atoms with van der Waals surface area (Å²) in [6, 6.07) is 8.00. The molecule has 2 rings (SSSR count). The number of aliphatic hydroxyl groups is 1. The summed E-state index contributed by atoms with van der Waals surface area (Å²) in [7, 11) is 0. The lowest BCUT2D eigenvalue weighted by molar-refractivity contribution is 0.00377. The van der Waals surface area contributed by atoms with Crippen LogP contribution in [0.5, 0.6) is 0 Å². The Morgan fingerprint density at radius 1 is 1.38 bits per heavy atom. The summed E-state index contributed by atoms with van der Waals surface area (Å²) >= 11 is 5.84. The molecule has 1 N–H and O–H groups in total. The lowest BCUT2D eigenvalue weighted by Gasteiger charge is -2.28. The van der Waals surface area contributed by atoms with Crippen LogP contribution in [0, 0.1) is 0 Å². The zero-order chi connectivity index (χ0) is 15.1. The molecule has 1 aromatic rings. The number of hydrogen-bond donors (Lipinski definition) is 1. The number of aliphatic hydroxyl groups excluding tert-OH is 1. The normalized spacial score (nSPS) is 22.0. The molecule has 0 saturated carbocycles. The third-order valence-electron chi connectivity index (χ3n) is 3.76. The van der Waals surface area contributed by atoms with Gasteiger partial charge in [-0.15, -0.1) is 0 Å². The van der Waals surface area contributed by atoms with E-state index >= 15 is 0 Å². The minimum Gasteiger partial charge on any atom is -0.389 e. The van der Waals surface area contributed by atoms with E-state index in [1.165, 1.54) is 0 Å². The van der Waals surface area contributed by atoms with Crippen molar-refractivity contribution < 1.29 is 14.6 Å². The maximum absolute atomic E-state index is 10.1. The molecule has 5 heteroatoms. The zero-order valence-electron chi connectivity index (χ0n) is 12.5. The average molecular weight is 314 g/mol. The minimum atomic E-state index is -0.474. The van der Waals surface area contributed by atoms with Crippen LogP contribution < -0.4 is 0 Å². The first-order chi connectivity index (χ1) is 10.1. The number of benzene rings is 1. The quantitative estimate of drug-likeness (QED) is 0.875. The average Bonchev–Trinajstić information content (AvgIpc) is 2.66. The van der Waals surface area contributed by atoms with E-state index in [2.05, 4.69) is 11.8 Å². The van der Waals surface area contributed by atoms with Crippen molar-refractivity contribution in [2.75, 3.05) is 32.9 Å². The van der Waals surface area contributed by atoms with Crippen molar-refractivity contribution in [1.29, 1.82) is 0 Å². The third kappa shape index (κ3) is 5.93. The summed E-state index contributed by atoms with van der Waals surface area (Å²) in [6.45, 7) is 6.06. The molecule has 0 spiro atoms. The smallest absolute Gasteiger partial charge is 0.0900 e. The van der Waals surface area contributed by atoms with Crippen molar-refractivity contribution >= 4 is 11.6 Å². The molecule has 1 saturated heterocycles. The van der Waals surface area contributed by atoms with Crippen LogP contribution in [0.15, 0.2) is 24.3 Å². The predicted molar refractivity (Wildman–Crippen MR) is 83.6 cm³/mol. The topological polar surface area (TPSA) is 41.9 Å². The molecule has 1 heterocycles. The monoisotopic (exact) mass is 313 g/mol. The highest BCUT2D eigenvalue weighted by molar-refractivity contribution is 6.30. The number of halogens is 1. The van der Waals surface area contributed by atoms with Gasteiger partial charge in [-0.2, -0.15) is 0 Å². The molecule has 0 bridgehead atoms. The largest absolute Gasteiger partial charge is 0.389 e. The van der Waals surface area contributed by atoms with Gasteiger partial charge in [-0.3, -0.25) is 4.90 Å². The van der Waals surface area contributed by atoms with Crippen molar-refractivity contribution in [1.82, 2.24) is 4.90 Å². The molecule has 1 aliphatic rings. The van der Waals surface area contributed by atoms with Crippen LogP contribution in [0.4, 0.5) is 0 Å². The fourth-order valence-corrected chi connectivity index (χ4v) is 2.55. The van der Waals surface area contributed by atoms with E-state index in [1.54, 1.807) is 0 Å². The van der Waals surface area contributed by atoms with E-state index in [9.17, 15) is 5.11 Å². The molecule has 0 aliphatic carbocycles. The molecule has 1 aromatic carbocycles. The highest BCUT2D eigenvalue weighted by Gasteiger charge is 2.19. The second-order valence-corrected chi connectivity index (χ2v) is 5.98. The first-order valence-electron chi connectivity index (χ1n) is 7.47. The van der Waals surface area contributed by atoms with Gasteiger partial charge in [0, 0.05) is 30.8 Å². The van der Waals surface area contributed by atoms with Crippen molar-refractivity contribution in [2.45, 2.75) is 32.1 Å². The molecule has 1 aliphatic heterocycles. The van der Waals surface area contributed by atoms with Gasteiger partial charge in [-0.05, 0) is 31.0 Å². The van der Waals surface area contributed by atoms with Gasteiger partial charge in [-0.25, -0.2) is 0 Å². The first-order valence-corrected chi connectivity index (χ1v) is 7.85. The summed E-state index contributed by atoms with van der Waals surface area (Å²) < 4.78 is 11.0. The second-order valence-electron chi connectivity index (χ2n) is 5.54. The summed E-state index contributed by atoms with van der Waals surface area (Å²) in [5.41, 5.74) is 1.06. The Bertz CT molecular complexity index is 412. The molecule has 0 amide bonds. The highest BCUT2D eigenvalue weighted by atomic mass is 35.5. The fraction of sp³-hybridized carbons (Fsp3) is 0.625. The molecule has 21 heavy (non-hydrogen) atoms. The number of β-amino-alcohol motifs (C(OH)–C–C–N with tert-alkyl or cyclic N) is 1. The van der Waals surface area contributed by atoms with Gasteiger partial charge in [0.1, 0.15) is 0 Å². The van der Waals surface area contributed by atoms with E-state index in [-0.39, 0.29) is 0 Å². The van der Waals surface area contributed by atoms with E-state index in [4.69, 9.17) is 21.1 Å². The Morgan fingerprint density at radius 3 is 2.90 bits per heavy atom. The molecule has 0 radical (unpaired) electrons. The van der Waals surface area contributed by atoms with Gasteiger partial charge >= 0.3 is 0 Å². The Morgan fingerprint density at radius 2 is 2.14 bits per heavy atom. The lowest BCUT2D eigenvalue weighted by atomic mass is 10.2. The van der Waals surface area contributed by atoms with Crippen LogP contribution in [0.3, 0.4) is 0 Å². The molecule has 2 atom stereocenters. The highest BCUT2D eigenvalue weighted by Crippen LogP contribution is 2.11. The van der Waals surface area contributed by atoms with Gasteiger partial charge in [0.2, 0.25) is 0 Å². The van der Waals surface area contributed by atoms with Gasteiger partial charge in [-0.1, -0.05) is 23.7 Å². The summed E-state index contributed by atoms with van der Waals surface area (Å²) in [4.78, 5) is 2.27. The van der Waals surface area contributed by atoms with E-state index < -0.39 is 6.10 Å². The molecule has 2 unspecified atom stereocenters. The SMILES string of the molecule is CC1CCOCCN1CC(O)COCc1ccc(Cl)cc1. The van der Waals surface area contributed by atoms with Crippen molar-refractivity contribution in [2.24, 2.45) is 0 Å². The Balaban J connectivity index is 1.69. The minimum absolute atomic E-state index is 0.340. The first kappa shape index (κ1) is 16.7. The van der Waals surface area contributed by atoms with Crippen LogP contribution in [-0.4, -0.2) is 55.1 Å². The van der Waals surface area contributed by atoms with Crippen LogP contribution in [0.25, 0.3) is 0 Å². The summed E-state index contributed by atoms with van der Waals surface area (Å²) in [5.74, 6) is 0. The molecule has 118 valence electrons. The Labute approximate surface area is 131 Å². The molecular weight excluding hydrogens is 290 g/mol. The molecule has 0 aromatic heterocycles. The predicted octanol–water partition coefficient (Wildman–Crippen LogP) is 2.33. The van der Waals surface area contributed by atoms with E-state index in [0.717, 1.165) is 36.8 Å². The molecule has 4 nitrogen and oxygen atoms in total. The Kier molecular flexibility index (Phi) is 6.93. The maximum atomic E-state index is 10.1. The standard InChI is InChI=1S/C16H24ClNO3/c1-13-6-8-20-9-7-18(13)10-16(19)12-21-11-14-2-4-15(17)5-3-14/h2-5,13,16,19H,6-12H2,1H3. The maximum Gasteiger partial charge on any atom is 0.0900 e. The van der Waals surface area contributed by atoms with E-state index in [0.29, 0.717) is 25.8 Å². The van der Waals surface area contributed by atoms with Crippen molar-refractivity contribution in [3.8, 4) is 0 Å². The number of ether oxygens (including phenoxy) is 2. The van der Waals surface area contributed by atoms with E-state index in [1.807, 2.05) is 24.3 Å². The summed E-state index contributed by atoms with van der Waals surface area (Å²) in [5, 5.41) is 10.8. The molecular formula is C16H24ClNO3. The van der Waals surface area contributed by atoms with Crippen LogP contribution in [-0.2, 0) is 16.1 Å². The lowest BCUT2D eigenvalue weighted by Crippen LogP contribution is -2.41. The summed E-state index contributed by atoms with van der Waals surface area (Å²) in [6.07, 6.45) is 0.538. The fourth-order valence-electron chi connectivity index (χ4n) is 2.43.